The molecule has 0 radical (unpaired) electrons. The third kappa shape index (κ3) is 24.0. The van der Waals surface area contributed by atoms with E-state index in [9.17, 15) is 18.6 Å². The van der Waals surface area contributed by atoms with Crippen LogP contribution in [0.2, 0.25) is 0 Å². The quantitative estimate of drug-likeness (QED) is 0.0635. The van der Waals surface area contributed by atoms with Crippen molar-refractivity contribution in [3.05, 3.63) is 24.3 Å². The fourth-order valence-corrected chi connectivity index (χ4v) is 9.00. The van der Waals surface area contributed by atoms with Gasteiger partial charge in [-0.15, -0.1) is 0 Å². The summed E-state index contributed by atoms with van der Waals surface area (Å²) in [5, 5.41) is 22.7. The molecule has 2 N–H and O–H groups in total. The molecule has 0 saturated carbocycles. The lowest BCUT2D eigenvalue weighted by molar-refractivity contribution is 0.262. The number of hydrogen-bond donors (Lipinski definition) is 2. The number of sulfone groups is 1. The van der Waals surface area contributed by atoms with Gasteiger partial charge in [0.15, 0.2) is 23.0 Å². The molecule has 2 aromatic carbocycles. The summed E-state index contributed by atoms with van der Waals surface area (Å²) in [7, 11) is -4.21. The van der Waals surface area contributed by atoms with Gasteiger partial charge in [0.1, 0.15) is 0 Å². The van der Waals surface area contributed by atoms with Gasteiger partial charge in [-0.1, -0.05) is 207 Å². The van der Waals surface area contributed by atoms with Crippen molar-refractivity contribution >= 4 is 9.84 Å². The number of rotatable bonds is 42. The zero-order valence-corrected chi connectivity index (χ0v) is 40.3. The second-order valence-electron chi connectivity index (χ2n) is 17.3. The van der Waals surface area contributed by atoms with Gasteiger partial charge in [-0.25, -0.2) is 8.42 Å². The van der Waals surface area contributed by atoms with Crippen LogP contribution in [0.3, 0.4) is 0 Å². The van der Waals surface area contributed by atoms with Crippen molar-refractivity contribution in [3.63, 3.8) is 0 Å². The SMILES string of the molecule is CCCCCCCCCCOc1cc(S(=O)(=O)c2cc(OCCCCCCCCCC)c(O)c(OCCCCCCCCCC)c2)cc(OCCCCCCCCCC)c1O. The second-order valence-corrected chi connectivity index (χ2v) is 19.3. The second kappa shape index (κ2) is 35.6. The van der Waals surface area contributed by atoms with Crippen LogP contribution in [0.5, 0.6) is 34.5 Å². The van der Waals surface area contributed by atoms with E-state index in [2.05, 4.69) is 27.7 Å². The number of phenols is 2. The number of benzene rings is 2. The van der Waals surface area contributed by atoms with Crippen molar-refractivity contribution in [2.24, 2.45) is 0 Å². The molecule has 0 saturated heterocycles. The largest absolute Gasteiger partial charge is 0.502 e. The highest BCUT2D eigenvalue weighted by atomic mass is 32.2. The fraction of sp³-hybridized carbons (Fsp3) is 0.769. The molecule has 352 valence electrons. The van der Waals surface area contributed by atoms with Crippen molar-refractivity contribution in [1.82, 2.24) is 0 Å². The van der Waals surface area contributed by atoms with Gasteiger partial charge in [-0.3, -0.25) is 0 Å². The molecule has 8 nitrogen and oxygen atoms in total. The molecule has 0 unspecified atom stereocenters. The molecule has 0 aliphatic heterocycles. The molecule has 0 amide bonds. The standard InChI is InChI=1S/C52H90O8S/c1-5-9-13-17-21-25-29-33-37-57-47-41-45(42-48(51(47)53)58-38-34-30-26-22-18-14-10-6-2)61(55,56)46-43-49(59-39-35-31-27-23-19-15-11-7-3)52(54)50(44-46)60-40-36-32-28-24-20-16-12-8-4/h41-44,53-54H,5-40H2,1-4H3. The molecule has 2 aromatic rings. The summed E-state index contributed by atoms with van der Waals surface area (Å²) in [6.45, 7) is 10.3. The monoisotopic (exact) mass is 875 g/mol. The van der Waals surface area contributed by atoms with Gasteiger partial charge in [-0.05, 0) is 25.7 Å². The van der Waals surface area contributed by atoms with Crippen LogP contribution in [0.15, 0.2) is 34.1 Å². The Labute approximate surface area is 374 Å². The van der Waals surface area contributed by atoms with E-state index in [4.69, 9.17) is 18.9 Å². The van der Waals surface area contributed by atoms with E-state index in [1.165, 1.54) is 153 Å². The molecule has 0 aliphatic rings. The van der Waals surface area contributed by atoms with Crippen LogP contribution in [-0.2, 0) is 9.84 Å². The first kappa shape index (κ1) is 54.3. The average molecular weight is 875 g/mol. The molecule has 0 fully saturated rings. The lowest BCUT2D eigenvalue weighted by atomic mass is 10.1. The molecule has 0 spiro atoms. The topological polar surface area (TPSA) is 112 Å². The molecule has 9 heteroatoms. The normalized spacial score (nSPS) is 11.6. The Bertz CT molecular complexity index is 1290. The van der Waals surface area contributed by atoms with Gasteiger partial charge in [0.05, 0.1) is 36.2 Å². The van der Waals surface area contributed by atoms with Crippen LogP contribution < -0.4 is 18.9 Å². The molecule has 0 heterocycles. The van der Waals surface area contributed by atoms with Gasteiger partial charge in [-0.2, -0.15) is 0 Å². The highest BCUT2D eigenvalue weighted by Crippen LogP contribution is 2.44. The van der Waals surface area contributed by atoms with E-state index in [0.717, 1.165) is 77.0 Å². The highest BCUT2D eigenvalue weighted by Gasteiger charge is 2.27. The van der Waals surface area contributed by atoms with Crippen LogP contribution in [0.25, 0.3) is 0 Å². The Morgan fingerprint density at radius 3 is 0.705 bits per heavy atom. The zero-order chi connectivity index (χ0) is 44.2. The number of hydrogen-bond acceptors (Lipinski definition) is 8. The first-order valence-electron chi connectivity index (χ1n) is 25.3. The molecule has 0 atom stereocenters. The Kier molecular flexibility index (Phi) is 31.7. The third-order valence-corrected chi connectivity index (χ3v) is 13.4. The molecule has 61 heavy (non-hydrogen) atoms. The summed E-state index contributed by atoms with van der Waals surface area (Å²) in [6, 6.07) is 5.59. The van der Waals surface area contributed by atoms with Crippen molar-refractivity contribution in [2.45, 2.75) is 243 Å². The highest BCUT2D eigenvalue weighted by molar-refractivity contribution is 7.91. The van der Waals surface area contributed by atoms with Crippen LogP contribution in [-0.4, -0.2) is 45.1 Å². The van der Waals surface area contributed by atoms with Crippen molar-refractivity contribution in [1.29, 1.82) is 0 Å². The van der Waals surface area contributed by atoms with E-state index in [-0.39, 0.29) is 44.3 Å². The Balaban J connectivity index is 2.29. The van der Waals surface area contributed by atoms with Crippen LogP contribution in [0, 0.1) is 0 Å². The first-order chi connectivity index (χ1) is 29.8. The molecule has 2 rings (SSSR count). The first-order valence-corrected chi connectivity index (χ1v) is 26.8. The molecular formula is C52H90O8S. The summed E-state index contributed by atoms with van der Waals surface area (Å²) in [6.07, 6.45) is 36.5. The predicted molar refractivity (Wildman–Crippen MR) is 254 cm³/mol. The van der Waals surface area contributed by atoms with Gasteiger partial charge < -0.3 is 29.2 Å². The minimum absolute atomic E-state index is 0.0594. The van der Waals surface area contributed by atoms with Crippen LogP contribution in [0.1, 0.15) is 233 Å². The van der Waals surface area contributed by atoms with E-state index in [1.54, 1.807) is 0 Å². The summed E-state index contributed by atoms with van der Waals surface area (Å²) in [5.74, 6) is -0.0191. The minimum Gasteiger partial charge on any atom is -0.502 e. The van der Waals surface area contributed by atoms with Gasteiger partial charge >= 0.3 is 0 Å². The van der Waals surface area contributed by atoms with Crippen molar-refractivity contribution in [2.75, 3.05) is 26.4 Å². The molecule has 0 bridgehead atoms. The molecule has 0 aromatic heterocycles. The minimum atomic E-state index is -4.21. The van der Waals surface area contributed by atoms with E-state index in [0.29, 0.717) is 26.4 Å². The average Bonchev–Trinajstić information content (AvgIpc) is 3.25. The summed E-state index contributed by atoms with van der Waals surface area (Å²) >= 11 is 0. The van der Waals surface area contributed by atoms with Gasteiger partial charge in [0.25, 0.3) is 0 Å². The van der Waals surface area contributed by atoms with Gasteiger partial charge in [0, 0.05) is 24.3 Å². The summed E-state index contributed by atoms with van der Waals surface area (Å²) in [5.41, 5.74) is 0. The van der Waals surface area contributed by atoms with Crippen molar-refractivity contribution in [3.8, 4) is 34.5 Å². The Hall–Kier alpha value is -2.81. The Morgan fingerprint density at radius 1 is 0.328 bits per heavy atom. The van der Waals surface area contributed by atoms with E-state index < -0.39 is 9.84 Å². The number of phenolic OH excluding ortho intramolecular Hbond substituents is 2. The van der Waals surface area contributed by atoms with Gasteiger partial charge in [0.2, 0.25) is 21.3 Å². The summed E-state index contributed by atoms with van der Waals surface area (Å²) in [4.78, 5) is -0.119. The van der Waals surface area contributed by atoms with E-state index >= 15 is 0 Å². The predicted octanol–water partition coefficient (Wildman–Crippen LogP) is 16.0. The number of aromatic hydroxyl groups is 2. The lowest BCUT2D eigenvalue weighted by Gasteiger charge is -2.17. The lowest BCUT2D eigenvalue weighted by Crippen LogP contribution is -2.08. The van der Waals surface area contributed by atoms with Crippen LogP contribution >= 0.6 is 0 Å². The van der Waals surface area contributed by atoms with E-state index in [1.807, 2.05) is 0 Å². The molecular weight excluding hydrogens is 785 g/mol. The Morgan fingerprint density at radius 2 is 0.508 bits per heavy atom. The molecule has 0 aliphatic carbocycles. The maximum Gasteiger partial charge on any atom is 0.207 e. The van der Waals surface area contributed by atoms with Crippen molar-refractivity contribution < 1.29 is 37.6 Å². The fourth-order valence-electron chi connectivity index (χ4n) is 7.68. The smallest absolute Gasteiger partial charge is 0.207 e. The number of ether oxygens (including phenoxy) is 4. The summed E-state index contributed by atoms with van der Waals surface area (Å²) < 4.78 is 53.5. The zero-order valence-electron chi connectivity index (χ0n) is 39.5. The third-order valence-electron chi connectivity index (χ3n) is 11.7. The maximum absolute atomic E-state index is 14.6. The van der Waals surface area contributed by atoms with Crippen LogP contribution in [0.4, 0.5) is 0 Å². The number of unbranched alkanes of at least 4 members (excludes halogenated alkanes) is 28. The maximum atomic E-state index is 14.6.